The zero-order valence-electron chi connectivity index (χ0n) is 8.71. The Balaban J connectivity index is 3.11. The molecular weight excluding hydrogens is 208 g/mol. The predicted molar refractivity (Wildman–Crippen MR) is 58.9 cm³/mol. The van der Waals surface area contributed by atoms with Gasteiger partial charge in [-0.25, -0.2) is 0 Å². The Labute approximate surface area is 92.7 Å². The lowest BCUT2D eigenvalue weighted by Gasteiger charge is -2.01. The lowest BCUT2D eigenvalue weighted by atomic mass is 10.1. The molecule has 5 heteroatoms. The monoisotopic (exact) mass is 218 g/mol. The molecule has 1 aromatic carbocycles. The van der Waals surface area contributed by atoms with Crippen molar-refractivity contribution in [3.05, 3.63) is 40.0 Å². The normalized spacial score (nSPS) is 10.0. The minimum atomic E-state index is -0.467. The van der Waals surface area contributed by atoms with Crippen molar-refractivity contribution in [2.45, 2.75) is 6.42 Å². The Bertz CT molecular complexity index is 461. The summed E-state index contributed by atoms with van der Waals surface area (Å²) in [5.41, 5.74) is 0.426. The molecule has 0 N–H and O–H groups in total. The summed E-state index contributed by atoms with van der Waals surface area (Å²) in [4.78, 5) is 10.3. The summed E-state index contributed by atoms with van der Waals surface area (Å²) in [6.45, 7) is 0. The van der Waals surface area contributed by atoms with Crippen LogP contribution in [0.5, 0.6) is 5.75 Å². The topological polar surface area (TPSA) is 76.2 Å². The van der Waals surface area contributed by atoms with Gasteiger partial charge in [0.25, 0.3) is 5.69 Å². The van der Waals surface area contributed by atoms with Gasteiger partial charge in [0.05, 0.1) is 30.1 Å². The largest absolute Gasteiger partial charge is 0.497 e. The van der Waals surface area contributed by atoms with Gasteiger partial charge in [0.1, 0.15) is 5.75 Å². The van der Waals surface area contributed by atoms with Crippen molar-refractivity contribution in [2.75, 3.05) is 7.11 Å². The molecule has 0 fully saturated rings. The van der Waals surface area contributed by atoms with Crippen LogP contribution in [0.2, 0.25) is 0 Å². The summed E-state index contributed by atoms with van der Waals surface area (Å²) in [6, 6.07) is 6.40. The van der Waals surface area contributed by atoms with Gasteiger partial charge < -0.3 is 4.74 Å². The van der Waals surface area contributed by atoms with Gasteiger partial charge in [-0.1, -0.05) is 12.2 Å². The smallest absolute Gasteiger partial charge is 0.276 e. The standard InChI is InChI=1S/C11H10N2O3/c1-16-10-5-6-11(13(14)15)9(8-10)4-2-3-7-12/h2,4-6,8H,3H2,1H3. The van der Waals surface area contributed by atoms with E-state index in [1.807, 2.05) is 6.07 Å². The number of hydrogen-bond donors (Lipinski definition) is 0. The maximum atomic E-state index is 10.7. The summed E-state index contributed by atoms with van der Waals surface area (Å²) >= 11 is 0. The van der Waals surface area contributed by atoms with E-state index in [-0.39, 0.29) is 12.1 Å². The quantitative estimate of drug-likeness (QED) is 0.574. The first kappa shape index (κ1) is 11.7. The average Bonchev–Trinajstić information content (AvgIpc) is 2.29. The number of methoxy groups -OCH3 is 1. The van der Waals surface area contributed by atoms with E-state index in [4.69, 9.17) is 10.00 Å². The fourth-order valence-corrected chi connectivity index (χ4v) is 1.20. The molecule has 0 atom stereocenters. The molecule has 82 valence electrons. The predicted octanol–water partition coefficient (Wildman–Crippen LogP) is 2.53. The maximum Gasteiger partial charge on any atom is 0.276 e. The fraction of sp³-hybridized carbons (Fsp3) is 0.182. The molecule has 16 heavy (non-hydrogen) atoms. The van der Waals surface area contributed by atoms with Crippen LogP contribution in [0.25, 0.3) is 6.08 Å². The molecule has 0 spiro atoms. The Morgan fingerprint density at radius 3 is 2.94 bits per heavy atom. The van der Waals surface area contributed by atoms with Gasteiger partial charge in [-0.15, -0.1) is 0 Å². The van der Waals surface area contributed by atoms with Crippen LogP contribution >= 0.6 is 0 Å². The van der Waals surface area contributed by atoms with Crippen LogP contribution in [0.1, 0.15) is 12.0 Å². The molecular formula is C11H10N2O3. The molecule has 0 saturated heterocycles. The number of allylic oxidation sites excluding steroid dienone is 1. The number of hydrogen-bond acceptors (Lipinski definition) is 4. The fourth-order valence-electron chi connectivity index (χ4n) is 1.20. The Hall–Kier alpha value is -2.35. The molecule has 5 nitrogen and oxygen atoms in total. The van der Waals surface area contributed by atoms with Crippen LogP contribution in [0, 0.1) is 21.4 Å². The van der Waals surface area contributed by atoms with Crippen LogP contribution in [-0.2, 0) is 0 Å². The summed E-state index contributed by atoms with van der Waals surface area (Å²) in [6.07, 6.45) is 3.33. The molecule has 0 saturated carbocycles. The minimum Gasteiger partial charge on any atom is -0.497 e. The van der Waals surface area contributed by atoms with Gasteiger partial charge in [-0.2, -0.15) is 5.26 Å². The lowest BCUT2D eigenvalue weighted by molar-refractivity contribution is -0.385. The molecule has 0 radical (unpaired) electrons. The zero-order valence-corrected chi connectivity index (χ0v) is 8.71. The van der Waals surface area contributed by atoms with Crippen LogP contribution in [0.4, 0.5) is 5.69 Å². The van der Waals surface area contributed by atoms with E-state index < -0.39 is 4.92 Å². The number of nitrogens with zero attached hydrogens (tertiary/aromatic N) is 2. The van der Waals surface area contributed by atoms with Crippen molar-refractivity contribution in [2.24, 2.45) is 0 Å². The van der Waals surface area contributed by atoms with Crippen LogP contribution in [0.15, 0.2) is 24.3 Å². The maximum absolute atomic E-state index is 10.7. The summed E-state index contributed by atoms with van der Waals surface area (Å²) < 4.78 is 4.97. The molecule has 0 unspecified atom stereocenters. The SMILES string of the molecule is COc1ccc([N+](=O)[O-])c(C=CCC#N)c1. The van der Waals surface area contributed by atoms with Crippen LogP contribution in [0.3, 0.4) is 0 Å². The Morgan fingerprint density at radius 1 is 1.62 bits per heavy atom. The number of rotatable bonds is 4. The van der Waals surface area contributed by atoms with Crippen LogP contribution < -0.4 is 4.74 Å². The minimum absolute atomic E-state index is 0.00464. The Kier molecular flexibility index (Phi) is 4.04. The third-order valence-electron chi connectivity index (χ3n) is 1.94. The first-order valence-electron chi connectivity index (χ1n) is 4.55. The number of nitro groups is 1. The van der Waals surface area contributed by atoms with Crippen molar-refractivity contribution in [3.63, 3.8) is 0 Å². The molecule has 0 aliphatic rings. The highest BCUT2D eigenvalue weighted by molar-refractivity contribution is 5.63. The van der Waals surface area contributed by atoms with E-state index in [0.29, 0.717) is 11.3 Å². The summed E-state index contributed by atoms with van der Waals surface area (Å²) in [5.74, 6) is 0.544. The Morgan fingerprint density at radius 2 is 2.38 bits per heavy atom. The van der Waals surface area contributed by atoms with E-state index in [2.05, 4.69) is 0 Å². The molecule has 0 aliphatic carbocycles. The van der Waals surface area contributed by atoms with Gasteiger partial charge in [0.15, 0.2) is 0 Å². The van der Waals surface area contributed by atoms with Crippen molar-refractivity contribution in [3.8, 4) is 11.8 Å². The second-order valence-corrected chi connectivity index (χ2v) is 2.95. The first-order valence-corrected chi connectivity index (χ1v) is 4.55. The van der Waals surface area contributed by atoms with Gasteiger partial charge >= 0.3 is 0 Å². The van der Waals surface area contributed by atoms with E-state index in [1.54, 1.807) is 18.2 Å². The van der Waals surface area contributed by atoms with E-state index in [1.165, 1.54) is 19.2 Å². The highest BCUT2D eigenvalue weighted by Crippen LogP contribution is 2.25. The third kappa shape index (κ3) is 2.82. The van der Waals surface area contributed by atoms with Gasteiger partial charge in [0.2, 0.25) is 0 Å². The van der Waals surface area contributed by atoms with Crippen molar-refractivity contribution >= 4 is 11.8 Å². The molecule has 1 aromatic rings. The number of nitro benzene ring substituents is 1. The molecule has 0 amide bonds. The van der Waals surface area contributed by atoms with E-state index >= 15 is 0 Å². The number of ether oxygens (including phenoxy) is 1. The van der Waals surface area contributed by atoms with Crippen LogP contribution in [-0.4, -0.2) is 12.0 Å². The zero-order chi connectivity index (χ0) is 12.0. The highest BCUT2D eigenvalue weighted by Gasteiger charge is 2.11. The third-order valence-corrected chi connectivity index (χ3v) is 1.94. The lowest BCUT2D eigenvalue weighted by Crippen LogP contribution is -1.92. The first-order chi connectivity index (χ1) is 7.69. The van der Waals surface area contributed by atoms with E-state index in [9.17, 15) is 10.1 Å². The number of benzene rings is 1. The highest BCUT2D eigenvalue weighted by atomic mass is 16.6. The van der Waals surface area contributed by atoms with Gasteiger partial charge in [-0.05, 0) is 12.1 Å². The average molecular weight is 218 g/mol. The van der Waals surface area contributed by atoms with Gasteiger partial charge in [-0.3, -0.25) is 10.1 Å². The van der Waals surface area contributed by atoms with Crippen molar-refractivity contribution in [1.29, 1.82) is 5.26 Å². The molecule has 0 bridgehead atoms. The second kappa shape index (κ2) is 5.51. The van der Waals surface area contributed by atoms with Gasteiger partial charge in [0, 0.05) is 6.07 Å². The van der Waals surface area contributed by atoms with Crippen molar-refractivity contribution < 1.29 is 9.66 Å². The molecule has 1 rings (SSSR count). The summed E-state index contributed by atoms with van der Waals surface area (Å²) in [7, 11) is 1.49. The van der Waals surface area contributed by atoms with Crippen molar-refractivity contribution in [1.82, 2.24) is 0 Å². The number of nitriles is 1. The van der Waals surface area contributed by atoms with E-state index in [0.717, 1.165) is 0 Å². The summed E-state index contributed by atoms with van der Waals surface area (Å²) in [5, 5.41) is 19.1. The second-order valence-electron chi connectivity index (χ2n) is 2.95. The molecule has 0 aromatic heterocycles. The molecule has 0 heterocycles. The molecule has 0 aliphatic heterocycles.